The number of nitrogens with zero attached hydrogens (tertiary/aromatic N) is 3. The number of amides is 6. The van der Waals surface area contributed by atoms with Crippen LogP contribution in [0, 0.1) is 11.6 Å². The van der Waals surface area contributed by atoms with Crippen molar-refractivity contribution in [2.24, 2.45) is 4.99 Å². The lowest BCUT2D eigenvalue weighted by molar-refractivity contribution is -0.153. The summed E-state index contributed by atoms with van der Waals surface area (Å²) in [5.74, 6) is -8.61. The van der Waals surface area contributed by atoms with Gasteiger partial charge < -0.3 is 45.6 Å². The number of hydrogen-bond donors (Lipinski definition) is 5. The molecule has 2 aliphatic heterocycles. The summed E-state index contributed by atoms with van der Waals surface area (Å²) in [5, 5.41) is 8.27. The van der Waals surface area contributed by atoms with Gasteiger partial charge in [-0.2, -0.15) is 31.3 Å². The van der Waals surface area contributed by atoms with Gasteiger partial charge in [0.15, 0.2) is 0 Å². The highest BCUT2D eigenvalue weighted by molar-refractivity contribution is 6.44. The molecule has 6 amide bonds. The van der Waals surface area contributed by atoms with Gasteiger partial charge in [0.25, 0.3) is 11.8 Å². The molecule has 0 spiro atoms. The average Bonchev–Trinajstić information content (AvgIpc) is 3.85. The third-order valence-corrected chi connectivity index (χ3v) is 11.1. The Balaban J connectivity index is 0.000000244. The number of rotatable bonds is 5. The van der Waals surface area contributed by atoms with E-state index in [2.05, 4.69) is 30.7 Å². The van der Waals surface area contributed by atoms with Crippen LogP contribution in [0.1, 0.15) is 60.3 Å². The van der Waals surface area contributed by atoms with E-state index in [9.17, 15) is 63.9 Å². The summed E-state index contributed by atoms with van der Waals surface area (Å²) in [7, 11) is 0. The zero-order valence-corrected chi connectivity index (χ0v) is 37.0. The lowest BCUT2D eigenvalue weighted by Crippen LogP contribution is -2.63. The maximum atomic E-state index is 13.4. The number of furan rings is 2. The first-order valence-corrected chi connectivity index (χ1v) is 19.8. The molecule has 2 aliphatic rings. The Bertz CT molecular complexity index is 2610. The van der Waals surface area contributed by atoms with Gasteiger partial charge >= 0.3 is 18.4 Å². The van der Waals surface area contributed by atoms with Gasteiger partial charge in [0.2, 0.25) is 40.9 Å². The second kappa shape index (κ2) is 20.2. The van der Waals surface area contributed by atoms with Crippen LogP contribution in [0.25, 0.3) is 0 Å². The van der Waals surface area contributed by atoms with E-state index >= 15 is 0 Å². The molecule has 6 N–H and O–H groups in total. The standard InChI is InChI=1S/C19H16Cl2F4N4O4.C12H14F3N3O3.C7H2Cl2FNO/c1-18(2)16(31)26-5-6-29(18)15(30)14-10(7-11(33-14)19(23,24)25)28-17(32)27-9-4-3-8(22)12(20)13(9)21;1-11(2)10(20)17-3-4-18(11)9(19)8-6(16)5-7(21-8)12(13,14)15;8-6-4(10)1-2-5(7(6)9)11-3-12/h3-4,7H,5-6H2,1-2H3,(H,26,31)(H2,27,28,32);5H,3-4,16H2,1-2H3,(H,17,20);1-2H. The predicted molar refractivity (Wildman–Crippen MR) is 221 cm³/mol. The fourth-order valence-corrected chi connectivity index (χ4v) is 6.52. The van der Waals surface area contributed by atoms with Gasteiger partial charge in [-0.05, 0) is 52.0 Å². The fourth-order valence-electron chi connectivity index (χ4n) is 5.80. The highest BCUT2D eigenvalue weighted by Gasteiger charge is 2.46. The minimum atomic E-state index is -4.96. The van der Waals surface area contributed by atoms with Crippen molar-refractivity contribution in [1.29, 1.82) is 0 Å². The lowest BCUT2D eigenvalue weighted by Gasteiger charge is -2.40. The van der Waals surface area contributed by atoms with Gasteiger partial charge in [-0.3, -0.25) is 19.2 Å². The number of isocyanates is 1. The predicted octanol–water partition coefficient (Wildman–Crippen LogP) is 9.07. The van der Waals surface area contributed by atoms with Gasteiger partial charge in [0.05, 0.1) is 42.8 Å². The van der Waals surface area contributed by atoms with Crippen LogP contribution < -0.4 is 27.0 Å². The maximum Gasteiger partial charge on any atom is 0.449 e. The number of carbonyl (C=O) groups excluding carboxylic acids is 6. The number of aliphatic imine (C=N–C) groups is 1. The Morgan fingerprint density at radius 2 is 1.15 bits per heavy atom. The Morgan fingerprint density at radius 1 is 0.712 bits per heavy atom. The summed E-state index contributed by atoms with van der Waals surface area (Å²) >= 11 is 22.5. The Morgan fingerprint density at radius 3 is 1.64 bits per heavy atom. The van der Waals surface area contributed by atoms with Crippen molar-refractivity contribution in [3.05, 3.63) is 91.2 Å². The molecule has 0 radical (unpaired) electrons. The number of piperazine rings is 2. The molecule has 2 fully saturated rings. The summed E-state index contributed by atoms with van der Waals surface area (Å²) in [6.45, 7) is 6.23. The van der Waals surface area contributed by atoms with Crippen molar-refractivity contribution >= 4 is 105 Å². The van der Waals surface area contributed by atoms with Crippen LogP contribution in [0.15, 0.2) is 50.2 Å². The second-order valence-electron chi connectivity index (χ2n) is 14.5. The van der Waals surface area contributed by atoms with Crippen LogP contribution in [0.2, 0.25) is 20.1 Å². The summed E-state index contributed by atoms with van der Waals surface area (Å²) in [4.78, 5) is 76.9. The van der Waals surface area contributed by atoms with E-state index < -0.39 is 104 Å². The van der Waals surface area contributed by atoms with Gasteiger partial charge in [-0.1, -0.05) is 46.4 Å². The molecule has 2 aromatic heterocycles. The fraction of sp³-hybridized carbons (Fsp3) is 0.316. The minimum absolute atomic E-state index is 0.00501. The number of benzene rings is 2. The molecule has 2 aromatic carbocycles. The molecule has 4 heterocycles. The molecular weight excluding hydrogens is 990 g/mol. The summed E-state index contributed by atoms with van der Waals surface area (Å²) in [6.07, 6.45) is -8.42. The molecule has 0 bridgehead atoms. The quantitative estimate of drug-likeness (QED) is 0.0556. The SMILES string of the molecule is CC1(C)C(=O)NCCN1C(=O)c1oc(C(F)(F)F)cc1N.CC1(C)C(=O)NCCN1C(=O)c1oc(C(F)(F)F)cc1NC(=O)Nc1ccc(F)c(Cl)c1Cl.O=C=Nc1ccc(F)c(Cl)c1Cl. The molecule has 4 aromatic rings. The second-order valence-corrected chi connectivity index (χ2v) is 16.0. The van der Waals surface area contributed by atoms with E-state index in [0.29, 0.717) is 12.1 Å². The van der Waals surface area contributed by atoms with Gasteiger partial charge in [0, 0.05) is 38.3 Å². The van der Waals surface area contributed by atoms with Crippen molar-refractivity contribution in [1.82, 2.24) is 20.4 Å². The first-order chi connectivity index (χ1) is 30.4. The number of anilines is 3. The van der Waals surface area contributed by atoms with Crippen LogP contribution in [-0.2, 0) is 26.7 Å². The molecule has 66 heavy (non-hydrogen) atoms. The number of nitrogen functional groups attached to an aromatic ring is 1. The molecule has 6 rings (SSSR count). The van der Waals surface area contributed by atoms with Crippen LogP contribution in [0.5, 0.6) is 0 Å². The van der Waals surface area contributed by atoms with E-state index in [1.807, 2.05) is 0 Å². The van der Waals surface area contributed by atoms with Gasteiger partial charge in [-0.25, -0.2) is 18.4 Å². The Labute approximate surface area is 386 Å². The zero-order valence-electron chi connectivity index (χ0n) is 34.0. The zero-order chi connectivity index (χ0) is 49.9. The highest BCUT2D eigenvalue weighted by atomic mass is 35.5. The van der Waals surface area contributed by atoms with Crippen LogP contribution in [0.3, 0.4) is 0 Å². The molecule has 0 unspecified atom stereocenters. The van der Waals surface area contributed by atoms with Crippen LogP contribution in [0.4, 0.5) is 62.7 Å². The smallest absolute Gasteiger partial charge is 0.444 e. The molecule has 356 valence electrons. The minimum Gasteiger partial charge on any atom is -0.444 e. The molecule has 0 atom stereocenters. The molecule has 28 heteroatoms. The van der Waals surface area contributed by atoms with E-state index in [1.165, 1.54) is 39.8 Å². The number of carbonyl (C=O) groups is 5. The van der Waals surface area contributed by atoms with E-state index in [-0.39, 0.29) is 52.6 Å². The number of urea groups is 1. The van der Waals surface area contributed by atoms with Crippen molar-refractivity contribution in [3.8, 4) is 0 Å². The third-order valence-electron chi connectivity index (χ3n) is 9.35. The van der Waals surface area contributed by atoms with Crippen molar-refractivity contribution in [2.45, 2.75) is 51.1 Å². The van der Waals surface area contributed by atoms with Crippen molar-refractivity contribution < 1.29 is 72.7 Å². The normalized spacial score (nSPS) is 15.5. The largest absolute Gasteiger partial charge is 0.449 e. The molecule has 0 aliphatic carbocycles. The van der Waals surface area contributed by atoms with E-state index in [1.54, 1.807) is 0 Å². The lowest BCUT2D eigenvalue weighted by atomic mass is 9.98. The first kappa shape index (κ1) is 52.6. The topological polar surface area (TPSA) is 222 Å². The first-order valence-electron chi connectivity index (χ1n) is 18.3. The summed E-state index contributed by atoms with van der Waals surface area (Å²) < 4.78 is 113. The number of nitrogens with two attached hydrogens (primary N) is 1. The Kier molecular flexibility index (Phi) is 16.1. The van der Waals surface area contributed by atoms with Gasteiger partial charge in [0.1, 0.15) is 22.7 Å². The van der Waals surface area contributed by atoms with Crippen LogP contribution >= 0.6 is 46.4 Å². The molecular formula is C38H32Cl4F8N8O8. The maximum absolute atomic E-state index is 13.4. The van der Waals surface area contributed by atoms with Gasteiger partial charge in [-0.15, -0.1) is 0 Å². The number of alkyl halides is 6. The Hall–Kier alpha value is -6.07. The average molecular weight is 1020 g/mol. The third kappa shape index (κ3) is 11.7. The summed E-state index contributed by atoms with van der Waals surface area (Å²) in [6, 6.07) is 4.20. The number of halogens is 12. The molecule has 2 saturated heterocycles. The van der Waals surface area contributed by atoms with Crippen molar-refractivity contribution in [3.63, 3.8) is 0 Å². The van der Waals surface area contributed by atoms with Crippen LogP contribution in [-0.4, -0.2) is 82.8 Å². The van der Waals surface area contributed by atoms with Crippen molar-refractivity contribution in [2.75, 3.05) is 42.5 Å². The number of nitrogens with one attached hydrogen (secondary N) is 4. The summed E-state index contributed by atoms with van der Waals surface area (Å²) in [5.41, 5.74) is 1.80. The molecule has 16 nitrogen and oxygen atoms in total. The van der Waals surface area contributed by atoms with E-state index in [0.717, 1.165) is 28.0 Å². The van der Waals surface area contributed by atoms with E-state index in [4.69, 9.17) is 56.6 Å². The monoisotopic (exact) mass is 1020 g/mol. The molecule has 0 saturated carbocycles. The number of hydrogen-bond acceptors (Lipinski definition) is 10. The highest BCUT2D eigenvalue weighted by Crippen LogP contribution is 2.38.